The van der Waals surface area contributed by atoms with Gasteiger partial charge in [-0.15, -0.1) is 11.3 Å². The van der Waals surface area contributed by atoms with Gasteiger partial charge in [0.25, 0.3) is 0 Å². The Morgan fingerprint density at radius 1 is 1.24 bits per heavy atom. The predicted molar refractivity (Wildman–Crippen MR) is 131 cm³/mol. The standard InChI is InChI=1S/C25H36N6O2S/c1-4-24(33)28-21(25-26-9-12-34-25)7-11-30-18-5-6-19(30)14-20(13-18)31-16(2)27-22-15-29(17(3)32)10-8-23(22)31/h9,12,18-21H,4-8,10-11,13-15H2,1-3H3,(H,28,33)/t18-,19+,20+,21-/m0/s1. The van der Waals surface area contributed by atoms with Gasteiger partial charge in [0.2, 0.25) is 11.8 Å². The van der Waals surface area contributed by atoms with Gasteiger partial charge < -0.3 is 14.8 Å². The van der Waals surface area contributed by atoms with Crippen molar-refractivity contribution in [3.63, 3.8) is 0 Å². The number of aryl methyl sites for hydroxylation is 1. The molecular weight excluding hydrogens is 448 g/mol. The molecule has 0 spiro atoms. The van der Waals surface area contributed by atoms with E-state index in [0.717, 1.165) is 55.3 Å². The molecule has 0 aliphatic carbocycles. The van der Waals surface area contributed by atoms with Crippen LogP contribution in [0.1, 0.15) is 86.7 Å². The van der Waals surface area contributed by atoms with E-state index in [1.54, 1.807) is 18.3 Å². The molecule has 5 rings (SSSR count). The monoisotopic (exact) mass is 484 g/mol. The molecule has 1 N–H and O–H groups in total. The molecule has 9 heteroatoms. The molecule has 3 aliphatic rings. The number of piperidine rings is 1. The first-order chi connectivity index (χ1) is 16.4. The summed E-state index contributed by atoms with van der Waals surface area (Å²) >= 11 is 1.62. The highest BCUT2D eigenvalue weighted by molar-refractivity contribution is 7.09. The van der Waals surface area contributed by atoms with Gasteiger partial charge in [0.05, 0.1) is 18.3 Å². The van der Waals surface area contributed by atoms with Crippen molar-refractivity contribution < 1.29 is 9.59 Å². The molecule has 2 fully saturated rings. The Morgan fingerprint density at radius 2 is 2.00 bits per heavy atom. The number of thiazole rings is 1. The second-order valence-corrected chi connectivity index (χ2v) is 10.9. The molecule has 4 atom stereocenters. The van der Waals surface area contributed by atoms with Gasteiger partial charge in [0.1, 0.15) is 10.8 Å². The molecule has 2 saturated heterocycles. The maximum absolute atomic E-state index is 12.1. The van der Waals surface area contributed by atoms with Gasteiger partial charge in [-0.25, -0.2) is 9.97 Å². The highest BCUT2D eigenvalue weighted by Crippen LogP contribution is 2.43. The van der Waals surface area contributed by atoms with Crippen LogP contribution in [0, 0.1) is 6.92 Å². The van der Waals surface area contributed by atoms with Crippen LogP contribution in [0.5, 0.6) is 0 Å². The minimum Gasteiger partial charge on any atom is -0.347 e. The van der Waals surface area contributed by atoms with Crippen molar-refractivity contribution in [2.24, 2.45) is 0 Å². The van der Waals surface area contributed by atoms with Crippen molar-refractivity contribution >= 4 is 23.2 Å². The van der Waals surface area contributed by atoms with E-state index in [4.69, 9.17) is 4.98 Å². The first-order valence-electron chi connectivity index (χ1n) is 12.7. The smallest absolute Gasteiger partial charge is 0.220 e. The summed E-state index contributed by atoms with van der Waals surface area (Å²) in [6, 6.07) is 1.65. The van der Waals surface area contributed by atoms with E-state index >= 15 is 0 Å². The Hall–Kier alpha value is -2.26. The van der Waals surface area contributed by atoms with Gasteiger partial charge in [-0.2, -0.15) is 0 Å². The van der Waals surface area contributed by atoms with Crippen molar-refractivity contribution in [3.8, 4) is 0 Å². The molecule has 184 valence electrons. The third-order valence-corrected chi connectivity index (χ3v) is 8.87. The number of carbonyl (C=O) groups excluding carboxylic acids is 2. The van der Waals surface area contributed by atoms with Crippen LogP contribution in [-0.4, -0.2) is 61.3 Å². The Kier molecular flexibility index (Phi) is 6.75. The van der Waals surface area contributed by atoms with E-state index in [2.05, 4.69) is 26.7 Å². The number of nitrogens with zero attached hydrogens (tertiary/aromatic N) is 5. The van der Waals surface area contributed by atoms with Crippen molar-refractivity contribution in [1.82, 2.24) is 29.7 Å². The number of hydrogen-bond donors (Lipinski definition) is 1. The van der Waals surface area contributed by atoms with Crippen LogP contribution in [0.15, 0.2) is 11.6 Å². The van der Waals surface area contributed by atoms with Crippen molar-refractivity contribution in [2.75, 3.05) is 13.1 Å². The Balaban J connectivity index is 1.26. The average molecular weight is 485 g/mol. The summed E-state index contributed by atoms with van der Waals surface area (Å²) in [6.45, 7) is 8.10. The predicted octanol–water partition coefficient (Wildman–Crippen LogP) is 3.38. The lowest BCUT2D eigenvalue weighted by atomic mass is 9.95. The third kappa shape index (κ3) is 4.52. The minimum atomic E-state index is -0.00305. The fourth-order valence-electron chi connectivity index (χ4n) is 6.35. The molecule has 2 bridgehead atoms. The largest absolute Gasteiger partial charge is 0.347 e. The number of carbonyl (C=O) groups is 2. The van der Waals surface area contributed by atoms with Crippen LogP contribution in [0.2, 0.25) is 0 Å². The first-order valence-corrected chi connectivity index (χ1v) is 13.6. The molecule has 0 saturated carbocycles. The molecule has 8 nitrogen and oxygen atoms in total. The van der Waals surface area contributed by atoms with Gasteiger partial charge >= 0.3 is 0 Å². The number of amides is 2. The van der Waals surface area contributed by atoms with E-state index in [-0.39, 0.29) is 17.9 Å². The molecule has 3 aliphatic heterocycles. The van der Waals surface area contributed by atoms with E-state index in [0.29, 0.717) is 31.1 Å². The second kappa shape index (κ2) is 9.77. The summed E-state index contributed by atoms with van der Waals surface area (Å²) in [5.74, 6) is 1.32. The van der Waals surface area contributed by atoms with Crippen molar-refractivity contribution in [2.45, 2.75) is 96.4 Å². The topological polar surface area (TPSA) is 83.4 Å². The Bertz CT molecular complexity index is 1020. The summed E-state index contributed by atoms with van der Waals surface area (Å²) in [4.78, 5) is 37.9. The molecule has 0 radical (unpaired) electrons. The number of rotatable bonds is 7. The quantitative estimate of drug-likeness (QED) is 0.651. The molecule has 2 aromatic rings. The maximum Gasteiger partial charge on any atom is 0.220 e. The maximum atomic E-state index is 12.1. The second-order valence-electron chi connectivity index (χ2n) is 9.99. The minimum absolute atomic E-state index is 0.00305. The zero-order valence-electron chi connectivity index (χ0n) is 20.5. The van der Waals surface area contributed by atoms with Crippen LogP contribution in [0.25, 0.3) is 0 Å². The molecule has 0 unspecified atom stereocenters. The highest BCUT2D eigenvalue weighted by Gasteiger charge is 2.42. The third-order valence-electron chi connectivity index (χ3n) is 7.98. The van der Waals surface area contributed by atoms with Gasteiger partial charge in [0, 0.05) is 68.3 Å². The average Bonchev–Trinajstić information content (AvgIpc) is 3.52. The van der Waals surface area contributed by atoms with E-state index < -0.39 is 0 Å². The molecule has 5 heterocycles. The van der Waals surface area contributed by atoms with E-state index in [9.17, 15) is 9.59 Å². The van der Waals surface area contributed by atoms with Crippen molar-refractivity contribution in [3.05, 3.63) is 33.8 Å². The highest BCUT2D eigenvalue weighted by atomic mass is 32.1. The summed E-state index contributed by atoms with van der Waals surface area (Å²) in [5, 5.41) is 6.17. The van der Waals surface area contributed by atoms with Gasteiger partial charge in [-0.05, 0) is 39.0 Å². The first kappa shape index (κ1) is 23.5. The molecule has 2 amide bonds. The van der Waals surface area contributed by atoms with Crippen LogP contribution < -0.4 is 5.32 Å². The fourth-order valence-corrected chi connectivity index (χ4v) is 7.08. The fraction of sp³-hybridized carbons (Fsp3) is 0.680. The Labute approximate surface area is 205 Å². The van der Waals surface area contributed by atoms with Crippen molar-refractivity contribution in [1.29, 1.82) is 0 Å². The van der Waals surface area contributed by atoms with E-state index in [1.807, 2.05) is 23.4 Å². The molecular formula is C25H36N6O2S. The lowest BCUT2D eigenvalue weighted by Gasteiger charge is -2.41. The zero-order chi connectivity index (χ0) is 23.8. The lowest BCUT2D eigenvalue weighted by Crippen LogP contribution is -2.45. The number of aromatic nitrogens is 3. The zero-order valence-corrected chi connectivity index (χ0v) is 21.3. The normalized spacial score (nSPS) is 25.3. The number of nitrogens with one attached hydrogen (secondary N) is 1. The van der Waals surface area contributed by atoms with Gasteiger partial charge in [-0.3, -0.25) is 14.5 Å². The molecule has 34 heavy (non-hydrogen) atoms. The Morgan fingerprint density at radius 3 is 2.65 bits per heavy atom. The van der Waals surface area contributed by atoms with Crippen LogP contribution in [-0.2, 0) is 22.6 Å². The summed E-state index contributed by atoms with van der Waals surface area (Å²) < 4.78 is 2.51. The number of hydrogen-bond acceptors (Lipinski definition) is 6. The van der Waals surface area contributed by atoms with Gasteiger partial charge in [0.15, 0.2) is 0 Å². The lowest BCUT2D eigenvalue weighted by molar-refractivity contribution is -0.129. The summed E-state index contributed by atoms with van der Waals surface area (Å²) in [6.07, 6.45) is 8.92. The van der Waals surface area contributed by atoms with Crippen LogP contribution >= 0.6 is 11.3 Å². The SMILES string of the molecule is CCC(=O)N[C@@H](CCN1[C@@H]2CC[C@H]1C[C@@H](n1c(C)nc3c1CCN(C(C)=O)C3)C2)c1nccs1. The number of fused-ring (bicyclic) bond motifs is 3. The molecule has 0 aromatic carbocycles. The molecule has 2 aromatic heterocycles. The van der Waals surface area contributed by atoms with Crippen LogP contribution in [0.3, 0.4) is 0 Å². The van der Waals surface area contributed by atoms with E-state index in [1.165, 1.54) is 18.5 Å². The summed E-state index contributed by atoms with van der Waals surface area (Å²) in [7, 11) is 0. The van der Waals surface area contributed by atoms with Gasteiger partial charge in [-0.1, -0.05) is 6.92 Å². The number of imidazole rings is 1. The summed E-state index contributed by atoms with van der Waals surface area (Å²) in [5.41, 5.74) is 2.44. The van der Waals surface area contributed by atoms with Crippen LogP contribution in [0.4, 0.5) is 0 Å².